The average molecular weight is 423 g/mol. The summed E-state index contributed by atoms with van der Waals surface area (Å²) in [6, 6.07) is 6.65. The second-order valence-electron chi connectivity index (χ2n) is 6.19. The molecule has 0 saturated carbocycles. The number of carbonyl (C=O) groups excluding carboxylic acids is 1. The molecular weight excluding hydrogens is 396 g/mol. The summed E-state index contributed by atoms with van der Waals surface area (Å²) < 4.78 is 28.4. The number of thioether (sulfide) groups is 1. The van der Waals surface area contributed by atoms with Gasteiger partial charge < -0.3 is 15.0 Å². The number of halogens is 1. The number of nitrogens with zero attached hydrogens (tertiary/aromatic N) is 1. The highest BCUT2D eigenvalue weighted by atomic mass is 35.5. The number of hydrogen-bond donors (Lipinski definition) is 1. The van der Waals surface area contributed by atoms with E-state index in [-0.39, 0.29) is 29.3 Å². The summed E-state index contributed by atoms with van der Waals surface area (Å²) in [5, 5.41) is 3.37. The van der Waals surface area contributed by atoms with E-state index >= 15 is 0 Å². The van der Waals surface area contributed by atoms with Gasteiger partial charge in [0, 0.05) is 50.4 Å². The van der Waals surface area contributed by atoms with Crippen LogP contribution in [-0.2, 0) is 14.6 Å². The van der Waals surface area contributed by atoms with Gasteiger partial charge in [-0.3, -0.25) is 4.79 Å². The first kappa shape index (κ1) is 23.1. The minimum Gasteiger partial charge on any atom is -0.494 e. The first-order valence-corrected chi connectivity index (χ1v) is 11.4. The molecule has 1 aromatic carbocycles. The molecule has 1 aliphatic heterocycles. The summed E-state index contributed by atoms with van der Waals surface area (Å²) in [4.78, 5) is 14.2. The van der Waals surface area contributed by atoms with Crippen molar-refractivity contribution in [2.45, 2.75) is 23.8 Å². The van der Waals surface area contributed by atoms with Gasteiger partial charge >= 0.3 is 0 Å². The Morgan fingerprint density at radius 1 is 1.35 bits per heavy atom. The summed E-state index contributed by atoms with van der Waals surface area (Å²) >= 11 is 1.89. The topological polar surface area (TPSA) is 75.7 Å². The molecule has 1 aromatic rings. The highest BCUT2D eigenvalue weighted by Gasteiger charge is 2.18. The van der Waals surface area contributed by atoms with Crippen LogP contribution < -0.4 is 10.1 Å². The number of ether oxygens (including phenoxy) is 1. The second kappa shape index (κ2) is 11.0. The zero-order valence-electron chi connectivity index (χ0n) is 15.1. The molecule has 9 heteroatoms. The van der Waals surface area contributed by atoms with Crippen molar-refractivity contribution in [3.8, 4) is 5.75 Å². The fourth-order valence-electron chi connectivity index (χ4n) is 2.52. The molecule has 1 fully saturated rings. The third kappa shape index (κ3) is 7.73. The standard InChI is InChI=1S/C17H26N2O4S2.ClH/c1-19(17(20)12-14-13-24-11-8-18-14)9-3-10-23-15-4-6-16(7-5-15)25(2,21)22;/h4-7,14,18H,3,8-13H2,1-2H3;1H. The fraction of sp³-hybridized carbons (Fsp3) is 0.588. The zero-order chi connectivity index (χ0) is 18.3. The SMILES string of the molecule is CN(CCCOc1ccc(S(C)(=O)=O)cc1)C(=O)CC1CSCCN1.Cl. The molecule has 1 amide bonds. The molecule has 148 valence electrons. The Morgan fingerprint density at radius 3 is 2.62 bits per heavy atom. The molecule has 0 aromatic heterocycles. The lowest BCUT2D eigenvalue weighted by Gasteiger charge is -2.25. The van der Waals surface area contributed by atoms with E-state index < -0.39 is 9.84 Å². The molecule has 0 spiro atoms. The molecule has 0 radical (unpaired) electrons. The van der Waals surface area contributed by atoms with Gasteiger partial charge in [0.2, 0.25) is 5.91 Å². The van der Waals surface area contributed by atoms with Crippen LogP contribution in [0, 0.1) is 0 Å². The Labute approximate surface area is 166 Å². The predicted molar refractivity (Wildman–Crippen MR) is 108 cm³/mol. The van der Waals surface area contributed by atoms with Crippen LogP contribution in [0.4, 0.5) is 0 Å². The van der Waals surface area contributed by atoms with Gasteiger partial charge in [0.25, 0.3) is 0 Å². The molecular formula is C17H27ClN2O4S2. The Morgan fingerprint density at radius 2 is 2.04 bits per heavy atom. The lowest BCUT2D eigenvalue weighted by molar-refractivity contribution is -0.130. The van der Waals surface area contributed by atoms with Crippen LogP contribution >= 0.6 is 24.2 Å². The number of benzene rings is 1. The highest BCUT2D eigenvalue weighted by Crippen LogP contribution is 2.16. The van der Waals surface area contributed by atoms with Gasteiger partial charge in [0.15, 0.2) is 9.84 Å². The van der Waals surface area contributed by atoms with Gasteiger partial charge in [0.05, 0.1) is 11.5 Å². The van der Waals surface area contributed by atoms with Crippen molar-refractivity contribution in [1.82, 2.24) is 10.2 Å². The first-order chi connectivity index (χ1) is 11.9. The molecule has 0 aliphatic carbocycles. The molecule has 1 heterocycles. The summed E-state index contributed by atoms with van der Waals surface area (Å²) in [5.74, 6) is 2.89. The normalized spacial score (nSPS) is 17.2. The van der Waals surface area contributed by atoms with Gasteiger partial charge in [-0.15, -0.1) is 12.4 Å². The van der Waals surface area contributed by atoms with Crippen molar-refractivity contribution in [2.24, 2.45) is 0 Å². The van der Waals surface area contributed by atoms with Gasteiger partial charge in [0.1, 0.15) is 5.75 Å². The highest BCUT2D eigenvalue weighted by molar-refractivity contribution is 7.99. The maximum absolute atomic E-state index is 12.2. The van der Waals surface area contributed by atoms with Crippen LogP contribution in [0.25, 0.3) is 0 Å². The van der Waals surface area contributed by atoms with E-state index in [1.807, 2.05) is 18.8 Å². The van der Waals surface area contributed by atoms with Crippen LogP contribution in [-0.4, -0.2) is 69.8 Å². The lowest BCUT2D eigenvalue weighted by Crippen LogP contribution is -2.42. The van der Waals surface area contributed by atoms with Crippen molar-refractivity contribution >= 4 is 39.9 Å². The number of hydrogen-bond acceptors (Lipinski definition) is 6. The second-order valence-corrected chi connectivity index (χ2v) is 9.36. The molecule has 0 bridgehead atoms. The van der Waals surface area contributed by atoms with Crippen LogP contribution in [0.3, 0.4) is 0 Å². The number of nitrogens with one attached hydrogen (secondary N) is 1. The van der Waals surface area contributed by atoms with Crippen molar-refractivity contribution in [3.05, 3.63) is 24.3 Å². The van der Waals surface area contributed by atoms with E-state index in [1.54, 1.807) is 17.0 Å². The molecule has 1 atom stereocenters. The molecule has 6 nitrogen and oxygen atoms in total. The monoisotopic (exact) mass is 422 g/mol. The van der Waals surface area contributed by atoms with Crippen LogP contribution in [0.1, 0.15) is 12.8 Å². The molecule has 1 aliphatic rings. The quantitative estimate of drug-likeness (QED) is 0.644. The molecule has 2 rings (SSSR count). The van der Waals surface area contributed by atoms with E-state index in [9.17, 15) is 13.2 Å². The van der Waals surface area contributed by atoms with Gasteiger partial charge in [-0.1, -0.05) is 0 Å². The summed E-state index contributed by atoms with van der Waals surface area (Å²) in [6.45, 7) is 2.09. The van der Waals surface area contributed by atoms with Crippen molar-refractivity contribution < 1.29 is 17.9 Å². The van der Waals surface area contributed by atoms with E-state index in [0.717, 1.165) is 24.5 Å². The first-order valence-electron chi connectivity index (χ1n) is 8.34. The summed E-state index contributed by atoms with van der Waals surface area (Å²) in [6.07, 6.45) is 2.44. The third-order valence-corrected chi connectivity index (χ3v) is 6.26. The van der Waals surface area contributed by atoms with Crippen molar-refractivity contribution in [2.75, 3.05) is 44.5 Å². The summed E-state index contributed by atoms with van der Waals surface area (Å²) in [5.41, 5.74) is 0. The van der Waals surface area contributed by atoms with Crippen molar-refractivity contribution in [3.63, 3.8) is 0 Å². The lowest BCUT2D eigenvalue weighted by atomic mass is 10.2. The van der Waals surface area contributed by atoms with Crippen LogP contribution in [0.5, 0.6) is 5.75 Å². The van der Waals surface area contributed by atoms with Gasteiger partial charge in [-0.05, 0) is 30.7 Å². The van der Waals surface area contributed by atoms with Crippen LogP contribution in [0.2, 0.25) is 0 Å². The molecule has 1 N–H and O–H groups in total. The maximum atomic E-state index is 12.2. The van der Waals surface area contributed by atoms with Gasteiger partial charge in [-0.2, -0.15) is 11.8 Å². The fourth-order valence-corrected chi connectivity index (χ4v) is 4.10. The van der Waals surface area contributed by atoms with Crippen LogP contribution in [0.15, 0.2) is 29.2 Å². The Balaban J connectivity index is 0.00000338. The zero-order valence-corrected chi connectivity index (χ0v) is 17.6. The van der Waals surface area contributed by atoms with Crippen molar-refractivity contribution in [1.29, 1.82) is 0 Å². The van der Waals surface area contributed by atoms with E-state index in [1.165, 1.54) is 18.4 Å². The van der Waals surface area contributed by atoms with E-state index in [2.05, 4.69) is 5.32 Å². The molecule has 26 heavy (non-hydrogen) atoms. The average Bonchev–Trinajstić information content (AvgIpc) is 2.59. The smallest absolute Gasteiger partial charge is 0.223 e. The van der Waals surface area contributed by atoms with Gasteiger partial charge in [-0.25, -0.2) is 8.42 Å². The number of rotatable bonds is 8. The van der Waals surface area contributed by atoms with E-state index in [0.29, 0.717) is 25.3 Å². The third-order valence-electron chi connectivity index (χ3n) is 4.00. The Kier molecular flexibility index (Phi) is 9.78. The molecule has 1 saturated heterocycles. The minimum atomic E-state index is -3.18. The maximum Gasteiger partial charge on any atom is 0.223 e. The Hall–Kier alpha value is -0.960. The number of carbonyl (C=O) groups is 1. The van der Waals surface area contributed by atoms with E-state index in [4.69, 9.17) is 4.74 Å². The predicted octanol–water partition coefficient (Wildman–Crippen LogP) is 1.83. The number of sulfone groups is 1. The molecule has 1 unspecified atom stereocenters. The summed E-state index contributed by atoms with van der Waals surface area (Å²) in [7, 11) is -1.37. The Bertz CT molecular complexity index is 662. The number of amides is 1. The largest absolute Gasteiger partial charge is 0.494 e. The minimum absolute atomic E-state index is 0.